The number of rotatable bonds is 10. The van der Waals surface area contributed by atoms with Crippen molar-refractivity contribution in [1.29, 1.82) is 0 Å². The zero-order valence-electron chi connectivity index (χ0n) is 16.9. The van der Waals surface area contributed by atoms with Gasteiger partial charge < -0.3 is 5.11 Å². The molecule has 0 aliphatic rings. The molecule has 0 unspecified atom stereocenters. The molecular weight excluding hydrogens is 332 g/mol. The summed E-state index contributed by atoms with van der Waals surface area (Å²) in [5, 5.41) is 7.89. The molecule has 0 aliphatic heterocycles. The van der Waals surface area contributed by atoms with Gasteiger partial charge in [0.15, 0.2) is 0 Å². The summed E-state index contributed by atoms with van der Waals surface area (Å²) in [5.41, 5.74) is 4.42. The number of hydrogen-bond acceptors (Lipinski definition) is 1. The minimum Gasteiger partial charge on any atom is -0.478 e. The SMILES string of the molecule is C=C(C)C(=O)O.CCCCCCCCCc1ccccc1-c1ccccc1. The Morgan fingerprint density at radius 3 is 1.96 bits per heavy atom. The Kier molecular flexibility index (Phi) is 11.6. The minimum atomic E-state index is -0.935. The van der Waals surface area contributed by atoms with Crippen LogP contribution in [0.4, 0.5) is 0 Å². The molecule has 2 heteroatoms. The van der Waals surface area contributed by atoms with E-state index in [1.54, 1.807) is 0 Å². The van der Waals surface area contributed by atoms with Gasteiger partial charge in [-0.15, -0.1) is 0 Å². The molecule has 0 heterocycles. The molecule has 0 radical (unpaired) electrons. The summed E-state index contributed by atoms with van der Waals surface area (Å²) in [6, 6.07) is 19.6. The van der Waals surface area contributed by atoms with Crippen LogP contribution in [0.25, 0.3) is 11.1 Å². The first-order chi connectivity index (χ1) is 13.1. The van der Waals surface area contributed by atoms with E-state index < -0.39 is 5.97 Å². The Morgan fingerprint density at radius 1 is 0.852 bits per heavy atom. The smallest absolute Gasteiger partial charge is 0.330 e. The van der Waals surface area contributed by atoms with Gasteiger partial charge in [0.2, 0.25) is 0 Å². The number of hydrogen-bond donors (Lipinski definition) is 1. The molecule has 0 aliphatic carbocycles. The van der Waals surface area contributed by atoms with Crippen molar-refractivity contribution in [1.82, 2.24) is 0 Å². The second-order valence-electron chi connectivity index (χ2n) is 6.98. The van der Waals surface area contributed by atoms with Crippen molar-refractivity contribution in [3.63, 3.8) is 0 Å². The average Bonchev–Trinajstić information content (AvgIpc) is 2.69. The summed E-state index contributed by atoms with van der Waals surface area (Å²) in [5.74, 6) is -0.935. The molecule has 2 rings (SSSR count). The van der Waals surface area contributed by atoms with Gasteiger partial charge in [-0.05, 0) is 36.5 Å². The molecule has 1 N–H and O–H groups in total. The van der Waals surface area contributed by atoms with Crippen LogP contribution >= 0.6 is 0 Å². The normalized spacial score (nSPS) is 10.0. The number of carboxylic acids is 1. The molecule has 0 saturated heterocycles. The van der Waals surface area contributed by atoms with E-state index in [1.165, 1.54) is 75.0 Å². The number of carbonyl (C=O) groups is 1. The fourth-order valence-corrected chi connectivity index (χ4v) is 2.91. The minimum absolute atomic E-state index is 0.176. The van der Waals surface area contributed by atoms with Crippen LogP contribution in [-0.4, -0.2) is 11.1 Å². The molecule has 0 atom stereocenters. The second-order valence-corrected chi connectivity index (χ2v) is 6.98. The maximum absolute atomic E-state index is 9.60. The summed E-state index contributed by atoms with van der Waals surface area (Å²) in [7, 11) is 0. The summed E-state index contributed by atoms with van der Waals surface area (Å²) >= 11 is 0. The van der Waals surface area contributed by atoms with E-state index in [9.17, 15) is 4.79 Å². The highest BCUT2D eigenvalue weighted by Gasteiger charge is 2.03. The third kappa shape index (κ3) is 9.79. The standard InChI is InChI=1S/C21H28.C4H6O2/c1-2-3-4-5-6-7-9-14-20-17-12-13-18-21(20)19-15-10-8-11-16-19;1-3(2)4(5)6/h8,10-13,15-18H,2-7,9,14H2,1H3;1H2,2H3,(H,5,6). The van der Waals surface area contributed by atoms with Crippen molar-refractivity contribution in [2.75, 3.05) is 0 Å². The van der Waals surface area contributed by atoms with Gasteiger partial charge in [0.05, 0.1) is 0 Å². The Hall–Kier alpha value is -2.35. The molecule has 0 bridgehead atoms. The summed E-state index contributed by atoms with van der Waals surface area (Å²) in [6.07, 6.45) is 10.8. The van der Waals surface area contributed by atoms with E-state index in [0.717, 1.165) is 0 Å². The zero-order chi connectivity index (χ0) is 19.9. The molecule has 0 amide bonds. The van der Waals surface area contributed by atoms with Gasteiger partial charge in [0.1, 0.15) is 0 Å². The van der Waals surface area contributed by atoms with E-state index in [1.807, 2.05) is 0 Å². The van der Waals surface area contributed by atoms with Crippen molar-refractivity contribution in [2.45, 2.75) is 65.2 Å². The lowest BCUT2D eigenvalue weighted by Crippen LogP contribution is -1.92. The van der Waals surface area contributed by atoms with Crippen LogP contribution in [0.2, 0.25) is 0 Å². The van der Waals surface area contributed by atoms with Gasteiger partial charge >= 0.3 is 5.97 Å². The van der Waals surface area contributed by atoms with Crippen molar-refractivity contribution < 1.29 is 9.90 Å². The highest BCUT2D eigenvalue weighted by Crippen LogP contribution is 2.25. The van der Waals surface area contributed by atoms with Gasteiger partial charge in [-0.1, -0.05) is 107 Å². The lowest BCUT2D eigenvalue weighted by molar-refractivity contribution is -0.132. The first-order valence-corrected chi connectivity index (χ1v) is 10.1. The molecule has 146 valence electrons. The molecule has 0 aromatic heterocycles. The van der Waals surface area contributed by atoms with Crippen LogP contribution in [0.1, 0.15) is 64.4 Å². The van der Waals surface area contributed by atoms with Gasteiger partial charge in [0, 0.05) is 5.57 Å². The Bertz CT molecular complexity index is 662. The van der Waals surface area contributed by atoms with Gasteiger partial charge in [-0.3, -0.25) is 0 Å². The maximum atomic E-state index is 9.60. The first-order valence-electron chi connectivity index (χ1n) is 10.1. The highest BCUT2D eigenvalue weighted by molar-refractivity contribution is 5.84. The third-order valence-corrected chi connectivity index (χ3v) is 4.52. The van der Waals surface area contributed by atoms with E-state index in [4.69, 9.17) is 5.11 Å². The number of aliphatic carboxylic acids is 1. The molecular formula is C25H34O2. The monoisotopic (exact) mass is 366 g/mol. The van der Waals surface area contributed by atoms with Gasteiger partial charge in [-0.25, -0.2) is 4.79 Å². The van der Waals surface area contributed by atoms with Crippen LogP contribution in [0.5, 0.6) is 0 Å². The predicted octanol–water partition coefficient (Wildman–Crippen LogP) is 7.29. The number of aryl methyl sites for hydroxylation is 1. The molecule has 0 spiro atoms. The summed E-state index contributed by atoms with van der Waals surface area (Å²) in [6.45, 7) is 6.88. The topological polar surface area (TPSA) is 37.3 Å². The zero-order valence-corrected chi connectivity index (χ0v) is 16.9. The number of benzene rings is 2. The largest absolute Gasteiger partial charge is 0.478 e. The second kappa shape index (κ2) is 13.8. The average molecular weight is 367 g/mol. The predicted molar refractivity (Wildman–Crippen MR) is 116 cm³/mol. The summed E-state index contributed by atoms with van der Waals surface area (Å²) in [4.78, 5) is 9.60. The van der Waals surface area contributed by atoms with E-state index >= 15 is 0 Å². The first kappa shape index (κ1) is 22.7. The lowest BCUT2D eigenvalue weighted by atomic mass is 9.95. The van der Waals surface area contributed by atoms with Crippen LogP contribution in [0.15, 0.2) is 66.7 Å². The maximum Gasteiger partial charge on any atom is 0.330 e. The molecule has 2 nitrogen and oxygen atoms in total. The summed E-state index contributed by atoms with van der Waals surface area (Å²) < 4.78 is 0. The van der Waals surface area contributed by atoms with Crippen LogP contribution in [-0.2, 0) is 11.2 Å². The van der Waals surface area contributed by atoms with Crippen LogP contribution in [0.3, 0.4) is 0 Å². The van der Waals surface area contributed by atoms with Crippen molar-refractivity contribution >= 4 is 5.97 Å². The quantitative estimate of drug-likeness (QED) is 0.354. The van der Waals surface area contributed by atoms with Gasteiger partial charge in [-0.2, -0.15) is 0 Å². The van der Waals surface area contributed by atoms with E-state index in [0.29, 0.717) is 0 Å². The number of carboxylic acid groups (broad SMARTS) is 1. The molecule has 2 aromatic carbocycles. The van der Waals surface area contributed by atoms with Crippen molar-refractivity contribution in [2.24, 2.45) is 0 Å². The third-order valence-electron chi connectivity index (χ3n) is 4.52. The Morgan fingerprint density at radius 2 is 1.37 bits per heavy atom. The van der Waals surface area contributed by atoms with E-state index in [2.05, 4.69) is 68.1 Å². The van der Waals surface area contributed by atoms with Gasteiger partial charge in [0.25, 0.3) is 0 Å². The van der Waals surface area contributed by atoms with Crippen LogP contribution in [0, 0.1) is 0 Å². The molecule has 0 fully saturated rings. The fourth-order valence-electron chi connectivity index (χ4n) is 2.91. The van der Waals surface area contributed by atoms with Crippen LogP contribution < -0.4 is 0 Å². The highest BCUT2D eigenvalue weighted by atomic mass is 16.4. The fraction of sp³-hybridized carbons (Fsp3) is 0.400. The molecule has 27 heavy (non-hydrogen) atoms. The molecule has 0 saturated carbocycles. The van der Waals surface area contributed by atoms with E-state index in [-0.39, 0.29) is 5.57 Å². The lowest BCUT2D eigenvalue weighted by Gasteiger charge is -2.09. The Labute approximate surface area is 165 Å². The van der Waals surface area contributed by atoms with Crippen molar-refractivity contribution in [3.05, 3.63) is 72.3 Å². The van der Waals surface area contributed by atoms with Crippen molar-refractivity contribution in [3.8, 4) is 11.1 Å². The Balaban J connectivity index is 0.000000527. The number of unbranched alkanes of at least 4 members (excludes halogenated alkanes) is 6. The molecule has 2 aromatic rings.